The van der Waals surface area contributed by atoms with Gasteiger partial charge in [-0.25, -0.2) is 0 Å². The van der Waals surface area contributed by atoms with Crippen molar-refractivity contribution in [2.45, 2.75) is 26.9 Å². The van der Waals surface area contributed by atoms with Crippen LogP contribution < -0.4 is 4.74 Å². The van der Waals surface area contributed by atoms with Crippen LogP contribution in [0.3, 0.4) is 0 Å². The van der Waals surface area contributed by atoms with E-state index in [1.807, 2.05) is 89.8 Å². The zero-order chi connectivity index (χ0) is 19.8. The highest BCUT2D eigenvalue weighted by atomic mass is 16.5. The van der Waals surface area contributed by atoms with Gasteiger partial charge in [0.1, 0.15) is 5.75 Å². The third kappa shape index (κ3) is 5.71. The molecule has 0 fully saturated rings. The van der Waals surface area contributed by atoms with Gasteiger partial charge in [0.25, 0.3) is 5.91 Å². The van der Waals surface area contributed by atoms with Crippen LogP contribution in [0.4, 0.5) is 0 Å². The fourth-order valence-electron chi connectivity index (χ4n) is 2.95. The molecule has 144 valence electrons. The first-order valence-corrected chi connectivity index (χ1v) is 9.72. The molecule has 1 amide bonds. The normalized spacial score (nSPS) is 10.7. The van der Waals surface area contributed by atoms with Crippen molar-refractivity contribution >= 4 is 5.91 Å². The zero-order valence-electron chi connectivity index (χ0n) is 16.5. The third-order valence-corrected chi connectivity index (χ3v) is 4.40. The molecule has 0 atom stereocenters. The van der Waals surface area contributed by atoms with Gasteiger partial charge in [0.05, 0.1) is 6.61 Å². The lowest BCUT2D eigenvalue weighted by atomic mass is 10.1. The second kappa shape index (κ2) is 9.75. The summed E-state index contributed by atoms with van der Waals surface area (Å²) in [4.78, 5) is 15.1. The largest absolute Gasteiger partial charge is 0.493 e. The molecule has 3 aromatic carbocycles. The number of nitrogens with zero attached hydrogens (tertiary/aromatic N) is 1. The molecule has 0 aliphatic heterocycles. The lowest BCUT2D eigenvalue weighted by Crippen LogP contribution is -2.30. The van der Waals surface area contributed by atoms with Gasteiger partial charge in [0, 0.05) is 18.7 Å². The minimum atomic E-state index is 0.0168. The van der Waals surface area contributed by atoms with E-state index in [0.717, 1.165) is 16.9 Å². The van der Waals surface area contributed by atoms with Gasteiger partial charge in [-0.05, 0) is 41.3 Å². The van der Waals surface area contributed by atoms with Gasteiger partial charge in [-0.15, -0.1) is 0 Å². The Labute approximate surface area is 167 Å². The zero-order valence-corrected chi connectivity index (χ0v) is 16.5. The first-order chi connectivity index (χ1) is 13.6. The summed E-state index contributed by atoms with van der Waals surface area (Å²) in [6, 6.07) is 27.6. The maximum Gasteiger partial charge on any atom is 0.254 e. The Morgan fingerprint density at radius 3 is 1.75 bits per heavy atom. The van der Waals surface area contributed by atoms with Crippen LogP contribution in [0.25, 0.3) is 0 Å². The molecule has 3 nitrogen and oxygen atoms in total. The fourth-order valence-corrected chi connectivity index (χ4v) is 2.95. The quantitative estimate of drug-likeness (QED) is 0.517. The summed E-state index contributed by atoms with van der Waals surface area (Å²) in [5.74, 6) is 1.28. The number of amides is 1. The Kier molecular flexibility index (Phi) is 6.85. The molecule has 0 aliphatic carbocycles. The summed E-state index contributed by atoms with van der Waals surface area (Å²) < 4.78 is 5.73. The molecule has 0 aromatic heterocycles. The van der Waals surface area contributed by atoms with Gasteiger partial charge in [0.2, 0.25) is 0 Å². The van der Waals surface area contributed by atoms with Crippen LogP contribution in [0.1, 0.15) is 35.3 Å². The second-order valence-electron chi connectivity index (χ2n) is 7.36. The average Bonchev–Trinajstić information content (AvgIpc) is 2.73. The van der Waals surface area contributed by atoms with Crippen molar-refractivity contribution in [1.82, 2.24) is 4.90 Å². The van der Waals surface area contributed by atoms with Crippen molar-refractivity contribution in [2.75, 3.05) is 6.61 Å². The molecule has 0 unspecified atom stereocenters. The summed E-state index contributed by atoms with van der Waals surface area (Å²) in [5.41, 5.74) is 2.90. The number of rotatable bonds is 8. The fraction of sp³-hybridized carbons (Fsp3) is 0.240. The van der Waals surface area contributed by atoms with E-state index in [9.17, 15) is 4.79 Å². The Bertz CT molecular complexity index is 817. The van der Waals surface area contributed by atoms with Crippen molar-refractivity contribution in [2.24, 2.45) is 5.92 Å². The van der Waals surface area contributed by atoms with Crippen molar-refractivity contribution in [1.29, 1.82) is 0 Å². The van der Waals surface area contributed by atoms with Crippen molar-refractivity contribution in [3.05, 3.63) is 102 Å². The van der Waals surface area contributed by atoms with Crippen LogP contribution in [0.2, 0.25) is 0 Å². The molecule has 0 N–H and O–H groups in total. The first-order valence-electron chi connectivity index (χ1n) is 9.72. The predicted octanol–water partition coefficient (Wildman–Crippen LogP) is 5.56. The van der Waals surface area contributed by atoms with Gasteiger partial charge >= 0.3 is 0 Å². The van der Waals surface area contributed by atoms with Crippen molar-refractivity contribution in [3.8, 4) is 5.75 Å². The molecule has 0 aliphatic rings. The molecule has 3 rings (SSSR count). The van der Waals surface area contributed by atoms with E-state index < -0.39 is 0 Å². The standard InChI is InChI=1S/C25H27NO2/c1-20(2)19-28-24-15-13-23(14-16-24)25(27)26(17-21-9-5-3-6-10-21)18-22-11-7-4-8-12-22/h3-16,20H,17-19H2,1-2H3. The topological polar surface area (TPSA) is 29.5 Å². The Morgan fingerprint density at radius 2 is 1.29 bits per heavy atom. The summed E-state index contributed by atoms with van der Waals surface area (Å²) in [6.45, 7) is 6.04. The number of ether oxygens (including phenoxy) is 1. The number of hydrogen-bond acceptors (Lipinski definition) is 2. The summed E-state index contributed by atoms with van der Waals surface area (Å²) in [5, 5.41) is 0. The highest BCUT2D eigenvalue weighted by Gasteiger charge is 2.17. The number of carbonyl (C=O) groups is 1. The molecule has 0 radical (unpaired) electrons. The molecule has 0 saturated carbocycles. The number of carbonyl (C=O) groups excluding carboxylic acids is 1. The van der Waals surface area contributed by atoms with E-state index in [-0.39, 0.29) is 5.91 Å². The molecular formula is C25H27NO2. The first kappa shape index (κ1) is 19.7. The van der Waals surface area contributed by atoms with Gasteiger partial charge in [-0.3, -0.25) is 4.79 Å². The molecule has 3 heteroatoms. The molecule has 0 bridgehead atoms. The van der Waals surface area contributed by atoms with E-state index in [4.69, 9.17) is 4.74 Å². The number of hydrogen-bond donors (Lipinski definition) is 0. The van der Waals surface area contributed by atoms with Gasteiger partial charge in [0.15, 0.2) is 0 Å². The van der Waals surface area contributed by atoms with E-state index in [0.29, 0.717) is 31.2 Å². The van der Waals surface area contributed by atoms with Crippen LogP contribution in [-0.4, -0.2) is 17.4 Å². The summed E-state index contributed by atoms with van der Waals surface area (Å²) in [7, 11) is 0. The SMILES string of the molecule is CC(C)COc1ccc(C(=O)N(Cc2ccccc2)Cc2ccccc2)cc1. The monoisotopic (exact) mass is 373 g/mol. The van der Waals surface area contributed by atoms with Crippen molar-refractivity contribution in [3.63, 3.8) is 0 Å². The second-order valence-corrected chi connectivity index (χ2v) is 7.36. The molecule has 0 saturated heterocycles. The molecular weight excluding hydrogens is 346 g/mol. The lowest BCUT2D eigenvalue weighted by molar-refractivity contribution is 0.0730. The Hall–Kier alpha value is -3.07. The minimum Gasteiger partial charge on any atom is -0.493 e. The van der Waals surface area contributed by atoms with Crippen LogP contribution in [0.5, 0.6) is 5.75 Å². The number of benzene rings is 3. The van der Waals surface area contributed by atoms with Crippen LogP contribution in [0.15, 0.2) is 84.9 Å². The van der Waals surface area contributed by atoms with E-state index in [1.165, 1.54) is 0 Å². The maximum absolute atomic E-state index is 13.2. The van der Waals surface area contributed by atoms with Crippen LogP contribution in [-0.2, 0) is 13.1 Å². The third-order valence-electron chi connectivity index (χ3n) is 4.40. The molecule has 0 spiro atoms. The molecule has 28 heavy (non-hydrogen) atoms. The Balaban J connectivity index is 1.77. The maximum atomic E-state index is 13.2. The highest BCUT2D eigenvalue weighted by Crippen LogP contribution is 2.18. The van der Waals surface area contributed by atoms with E-state index in [1.54, 1.807) is 0 Å². The molecule has 3 aromatic rings. The van der Waals surface area contributed by atoms with E-state index in [2.05, 4.69) is 13.8 Å². The van der Waals surface area contributed by atoms with Gasteiger partial charge < -0.3 is 9.64 Å². The predicted molar refractivity (Wildman–Crippen MR) is 113 cm³/mol. The Morgan fingerprint density at radius 1 is 0.786 bits per heavy atom. The highest BCUT2D eigenvalue weighted by molar-refractivity contribution is 5.94. The smallest absolute Gasteiger partial charge is 0.254 e. The minimum absolute atomic E-state index is 0.0168. The van der Waals surface area contributed by atoms with E-state index >= 15 is 0 Å². The van der Waals surface area contributed by atoms with Crippen molar-refractivity contribution < 1.29 is 9.53 Å². The lowest BCUT2D eigenvalue weighted by Gasteiger charge is -2.23. The van der Waals surface area contributed by atoms with Gasteiger partial charge in [-0.1, -0.05) is 74.5 Å². The molecule has 0 heterocycles. The average molecular weight is 373 g/mol. The van der Waals surface area contributed by atoms with Gasteiger partial charge in [-0.2, -0.15) is 0 Å². The summed E-state index contributed by atoms with van der Waals surface area (Å²) in [6.07, 6.45) is 0. The van der Waals surface area contributed by atoms with Crippen LogP contribution >= 0.6 is 0 Å². The van der Waals surface area contributed by atoms with Crippen LogP contribution in [0, 0.1) is 5.92 Å². The summed E-state index contributed by atoms with van der Waals surface area (Å²) >= 11 is 0.